The summed E-state index contributed by atoms with van der Waals surface area (Å²) < 4.78 is 19.1. The molecule has 0 atom stereocenters. The fourth-order valence-electron chi connectivity index (χ4n) is 4.00. The van der Waals surface area contributed by atoms with Gasteiger partial charge in [-0.25, -0.2) is 15.2 Å². The lowest BCUT2D eigenvalue weighted by Gasteiger charge is -2.26. The Morgan fingerprint density at radius 2 is 2.11 bits per heavy atom. The van der Waals surface area contributed by atoms with E-state index >= 15 is 0 Å². The first-order valence-electron chi connectivity index (χ1n) is 11.4. The number of hydrazine groups is 1. The topological polar surface area (TPSA) is 173 Å². The Labute approximate surface area is 211 Å². The van der Waals surface area contributed by atoms with Crippen LogP contribution in [0.1, 0.15) is 41.9 Å². The average molecular weight is 508 g/mol. The number of halogens is 1. The van der Waals surface area contributed by atoms with Crippen LogP contribution in [0.2, 0.25) is 0 Å². The zero-order chi connectivity index (χ0) is 26.4. The smallest absolute Gasteiger partial charge is 0.230 e. The highest BCUT2D eigenvalue weighted by atomic mass is 19.1. The second-order valence-corrected chi connectivity index (χ2v) is 8.30. The monoisotopic (exact) mass is 507 g/mol. The number of nitrogens with two attached hydrogens (primary N) is 2. The molecule has 13 heteroatoms. The average Bonchev–Trinajstić information content (AvgIpc) is 3.59. The second-order valence-electron chi connectivity index (χ2n) is 8.30. The highest BCUT2D eigenvalue weighted by molar-refractivity contribution is 6.09. The van der Waals surface area contributed by atoms with Crippen molar-refractivity contribution in [1.82, 2.24) is 30.0 Å². The summed E-state index contributed by atoms with van der Waals surface area (Å²) in [5.74, 6) is 6.61. The number of carbonyl (C=O) groups excluding carboxylic acids is 2. The van der Waals surface area contributed by atoms with Gasteiger partial charge >= 0.3 is 0 Å². The van der Waals surface area contributed by atoms with E-state index in [1.165, 1.54) is 25.5 Å². The van der Waals surface area contributed by atoms with Crippen molar-refractivity contribution in [1.29, 1.82) is 0 Å². The largest absolute Gasteiger partial charge is 0.403 e. The zero-order valence-corrected chi connectivity index (χ0v) is 20.0. The Hall–Kier alpha value is -4.65. The van der Waals surface area contributed by atoms with Gasteiger partial charge in [-0.3, -0.25) is 19.6 Å². The van der Waals surface area contributed by atoms with E-state index in [9.17, 15) is 14.0 Å². The molecule has 1 aliphatic rings. The number of amides is 1. The molecule has 4 aromatic rings. The van der Waals surface area contributed by atoms with E-state index in [0.29, 0.717) is 17.2 Å². The predicted molar refractivity (Wildman–Crippen MR) is 133 cm³/mol. The number of pyridine rings is 2. The van der Waals surface area contributed by atoms with Crippen molar-refractivity contribution in [2.75, 3.05) is 18.1 Å². The third kappa shape index (κ3) is 5.62. The molecule has 0 radical (unpaired) electrons. The van der Waals surface area contributed by atoms with Crippen LogP contribution in [0, 0.1) is 5.82 Å². The van der Waals surface area contributed by atoms with Crippen LogP contribution < -0.4 is 16.6 Å². The summed E-state index contributed by atoms with van der Waals surface area (Å²) in [6.07, 6.45) is 11.1. The Balaban J connectivity index is 0.000000173. The van der Waals surface area contributed by atoms with E-state index in [2.05, 4.69) is 25.1 Å². The molecule has 4 aromatic heterocycles. The lowest BCUT2D eigenvalue weighted by atomic mass is 9.97. The first kappa shape index (κ1) is 25.4. The van der Waals surface area contributed by atoms with E-state index in [4.69, 9.17) is 16.1 Å². The van der Waals surface area contributed by atoms with Crippen molar-refractivity contribution in [3.8, 4) is 11.4 Å². The van der Waals surface area contributed by atoms with Gasteiger partial charge < -0.3 is 20.1 Å². The quantitative estimate of drug-likeness (QED) is 0.152. The number of ketones is 1. The number of Topliss-reactive ketones (excluding diaryl/α,β-unsaturated/α-hetero) is 1. The maximum atomic E-state index is 13.7. The number of fused-ring (bicyclic) bond motifs is 1. The summed E-state index contributed by atoms with van der Waals surface area (Å²) >= 11 is 0. The van der Waals surface area contributed by atoms with E-state index in [1.54, 1.807) is 17.3 Å². The van der Waals surface area contributed by atoms with Crippen LogP contribution in [-0.2, 0) is 4.79 Å². The highest BCUT2D eigenvalue weighted by Crippen LogP contribution is 2.29. The van der Waals surface area contributed by atoms with Gasteiger partial charge in [0.2, 0.25) is 18.1 Å². The number of H-pyrrole nitrogens is 1. The van der Waals surface area contributed by atoms with E-state index in [0.717, 1.165) is 49.1 Å². The SMILES string of the molecule is CC(=O)c1c[nH]c2c(N(N)/C=C\N)ncc(F)c12.O=CN1CCC(c2nc(-c3cccnc3)no2)CC1. The molecule has 0 aliphatic carbocycles. The number of nitrogens with one attached hydrogen (secondary N) is 1. The molecule has 0 unspecified atom stereocenters. The number of hydrogen-bond acceptors (Lipinski definition) is 10. The lowest BCUT2D eigenvalue weighted by molar-refractivity contribution is -0.119. The third-order valence-corrected chi connectivity index (χ3v) is 5.90. The maximum Gasteiger partial charge on any atom is 0.230 e. The number of likely N-dealkylation sites (tertiary alicyclic amines) is 1. The van der Waals surface area contributed by atoms with Gasteiger partial charge in [-0.05, 0) is 31.9 Å². The van der Waals surface area contributed by atoms with Gasteiger partial charge in [0.15, 0.2) is 17.4 Å². The molecule has 1 fully saturated rings. The van der Waals surface area contributed by atoms with Crippen molar-refractivity contribution in [3.05, 3.63) is 66.6 Å². The summed E-state index contributed by atoms with van der Waals surface area (Å²) in [4.78, 5) is 39.0. The molecular weight excluding hydrogens is 481 g/mol. The molecule has 37 heavy (non-hydrogen) atoms. The number of rotatable bonds is 6. The third-order valence-electron chi connectivity index (χ3n) is 5.90. The summed E-state index contributed by atoms with van der Waals surface area (Å²) in [5.41, 5.74) is 6.68. The van der Waals surface area contributed by atoms with Crippen molar-refractivity contribution in [2.45, 2.75) is 25.7 Å². The van der Waals surface area contributed by atoms with Crippen LogP contribution in [0.5, 0.6) is 0 Å². The molecule has 1 aliphatic heterocycles. The fraction of sp³-hybridized carbons (Fsp3) is 0.250. The molecule has 0 aromatic carbocycles. The minimum absolute atomic E-state index is 0.174. The predicted octanol–water partition coefficient (Wildman–Crippen LogP) is 2.48. The molecule has 5 rings (SSSR count). The van der Waals surface area contributed by atoms with Gasteiger partial charge in [0.25, 0.3) is 0 Å². The number of carbonyl (C=O) groups is 2. The van der Waals surface area contributed by atoms with Gasteiger partial charge in [-0.15, -0.1) is 0 Å². The summed E-state index contributed by atoms with van der Waals surface area (Å²) in [6.45, 7) is 2.86. The van der Waals surface area contributed by atoms with E-state index in [1.807, 2.05) is 12.1 Å². The number of aromatic amines is 1. The lowest BCUT2D eigenvalue weighted by Crippen LogP contribution is -2.31. The van der Waals surface area contributed by atoms with E-state index < -0.39 is 5.82 Å². The molecule has 12 nitrogen and oxygen atoms in total. The number of nitrogens with zero attached hydrogens (tertiary/aromatic N) is 6. The van der Waals surface area contributed by atoms with Crippen molar-refractivity contribution in [3.63, 3.8) is 0 Å². The normalized spacial score (nSPS) is 14.0. The standard InChI is InChI=1S/C13H14N4O2.C11H12FN5O/c18-9-17-6-3-10(4-7-17)13-15-12(16-19-13)11-2-1-5-14-8-11;1-6(18)7-4-15-10-9(7)8(12)5-16-11(10)17(14)3-2-13/h1-2,5,8-10H,3-4,6-7H2;2-5,15H,13-14H2,1H3/b;3-2-. The minimum atomic E-state index is -0.578. The molecule has 192 valence electrons. The van der Waals surface area contributed by atoms with Crippen LogP contribution in [0.15, 0.2) is 53.8 Å². The maximum absolute atomic E-state index is 13.7. The van der Waals surface area contributed by atoms with Crippen LogP contribution >= 0.6 is 0 Å². The number of piperidine rings is 1. The van der Waals surface area contributed by atoms with Crippen LogP contribution in [-0.4, -0.2) is 55.3 Å². The molecular formula is C24H26FN9O3. The Morgan fingerprint density at radius 1 is 1.32 bits per heavy atom. The summed E-state index contributed by atoms with van der Waals surface area (Å²) in [7, 11) is 0. The number of hydrogen-bond donors (Lipinski definition) is 3. The first-order valence-corrected chi connectivity index (χ1v) is 11.4. The van der Waals surface area contributed by atoms with Crippen molar-refractivity contribution < 1.29 is 18.5 Å². The molecule has 1 amide bonds. The van der Waals surface area contributed by atoms with Gasteiger partial charge in [0.05, 0.1) is 17.1 Å². The van der Waals surface area contributed by atoms with Gasteiger partial charge in [0.1, 0.15) is 0 Å². The molecule has 0 saturated carbocycles. The van der Waals surface area contributed by atoms with Gasteiger partial charge in [0, 0.05) is 61.1 Å². The molecule has 5 N–H and O–H groups in total. The van der Waals surface area contributed by atoms with Crippen molar-refractivity contribution in [2.24, 2.45) is 11.6 Å². The van der Waals surface area contributed by atoms with Crippen LogP contribution in [0.4, 0.5) is 10.2 Å². The molecule has 0 spiro atoms. The van der Waals surface area contributed by atoms with E-state index in [-0.39, 0.29) is 28.5 Å². The Bertz CT molecular complexity index is 1400. The number of anilines is 1. The zero-order valence-electron chi connectivity index (χ0n) is 20.0. The second kappa shape index (κ2) is 11.4. The van der Waals surface area contributed by atoms with Gasteiger partial charge in [-0.1, -0.05) is 5.16 Å². The first-order chi connectivity index (χ1) is 17.9. The fourth-order valence-corrected chi connectivity index (χ4v) is 4.00. The molecule has 0 bridgehead atoms. The van der Waals surface area contributed by atoms with Crippen molar-refractivity contribution >= 4 is 28.9 Å². The summed E-state index contributed by atoms with van der Waals surface area (Å²) in [5, 5.41) is 5.31. The minimum Gasteiger partial charge on any atom is -0.403 e. The Morgan fingerprint density at radius 3 is 2.76 bits per heavy atom. The Kier molecular flexibility index (Phi) is 7.83. The highest BCUT2D eigenvalue weighted by Gasteiger charge is 2.24. The molecule has 5 heterocycles. The van der Waals surface area contributed by atoms with Crippen LogP contribution in [0.25, 0.3) is 22.3 Å². The molecule has 1 saturated heterocycles. The van der Waals surface area contributed by atoms with Crippen LogP contribution in [0.3, 0.4) is 0 Å². The summed E-state index contributed by atoms with van der Waals surface area (Å²) in [6, 6.07) is 3.74. The van der Waals surface area contributed by atoms with Gasteiger partial charge in [-0.2, -0.15) is 4.98 Å². The number of aromatic nitrogens is 5.